The van der Waals surface area contributed by atoms with Crippen molar-refractivity contribution in [3.8, 4) is 0 Å². The van der Waals surface area contributed by atoms with E-state index in [4.69, 9.17) is 21.1 Å². The second-order valence-corrected chi connectivity index (χ2v) is 9.38. The minimum absolute atomic E-state index is 0.00482. The molecule has 2 aliphatic rings. The van der Waals surface area contributed by atoms with Crippen LogP contribution >= 0.6 is 11.6 Å². The fourth-order valence-corrected chi connectivity index (χ4v) is 4.33. The van der Waals surface area contributed by atoms with Crippen LogP contribution in [0.1, 0.15) is 59.2 Å². The molecule has 0 saturated carbocycles. The van der Waals surface area contributed by atoms with Gasteiger partial charge in [-0.2, -0.15) is 0 Å². The van der Waals surface area contributed by atoms with Crippen molar-refractivity contribution in [2.45, 2.75) is 84.6 Å². The summed E-state index contributed by atoms with van der Waals surface area (Å²) < 4.78 is 11.4. The minimum Gasteiger partial charge on any atom is -0.444 e. The smallest absolute Gasteiger partial charge is 0.410 e. The van der Waals surface area contributed by atoms with Crippen LogP contribution in [0.25, 0.3) is 0 Å². The Morgan fingerprint density at radius 2 is 1.93 bits per heavy atom. The molecule has 3 atom stereocenters. The lowest BCUT2D eigenvalue weighted by Crippen LogP contribution is -2.59. The Hall–Kier alpha value is -1.60. The SMILES string of the molecule is CCOC1CCc2c(nc(Cl)nc2N2C[C@@H](C)N(C(=O)OC(C)(C)C)C[C@@H]2C)C1. The van der Waals surface area contributed by atoms with Gasteiger partial charge in [0.15, 0.2) is 0 Å². The second-order valence-electron chi connectivity index (χ2n) is 9.04. The van der Waals surface area contributed by atoms with Crippen molar-refractivity contribution in [2.24, 2.45) is 0 Å². The molecule has 1 aromatic heterocycles. The van der Waals surface area contributed by atoms with Gasteiger partial charge in [-0.05, 0) is 66.0 Å². The van der Waals surface area contributed by atoms with Crippen LogP contribution in [0, 0.1) is 0 Å². The third-order valence-corrected chi connectivity index (χ3v) is 5.64. The molecule has 0 spiro atoms. The molecule has 1 unspecified atom stereocenters. The molecule has 1 aliphatic heterocycles. The van der Waals surface area contributed by atoms with Gasteiger partial charge in [-0.25, -0.2) is 14.8 Å². The lowest BCUT2D eigenvalue weighted by molar-refractivity contribution is 0.0129. The average molecular weight is 425 g/mol. The van der Waals surface area contributed by atoms with Crippen molar-refractivity contribution in [3.05, 3.63) is 16.5 Å². The maximum atomic E-state index is 12.6. The van der Waals surface area contributed by atoms with Crippen molar-refractivity contribution in [1.82, 2.24) is 14.9 Å². The Kier molecular flexibility index (Phi) is 6.58. The summed E-state index contributed by atoms with van der Waals surface area (Å²) >= 11 is 6.29. The van der Waals surface area contributed by atoms with Gasteiger partial charge in [0.05, 0.1) is 11.8 Å². The summed E-state index contributed by atoms with van der Waals surface area (Å²) in [5.74, 6) is 0.901. The van der Waals surface area contributed by atoms with Gasteiger partial charge in [0, 0.05) is 43.8 Å². The Balaban J connectivity index is 1.81. The molecule has 1 saturated heterocycles. The van der Waals surface area contributed by atoms with Crippen LogP contribution < -0.4 is 4.90 Å². The standard InChI is InChI=1S/C21H33ClN4O3/c1-7-28-15-8-9-16-17(10-15)23-19(22)24-18(16)25-11-14(3)26(12-13(25)2)20(27)29-21(4,5)6/h13-15H,7-12H2,1-6H3/t13-,14+,15?/m0/s1. The van der Waals surface area contributed by atoms with E-state index in [-0.39, 0.29) is 29.6 Å². The van der Waals surface area contributed by atoms with Crippen LogP contribution in [-0.4, -0.2) is 64.4 Å². The van der Waals surface area contributed by atoms with Crippen LogP contribution in [-0.2, 0) is 22.3 Å². The first kappa shape index (κ1) is 22.1. The van der Waals surface area contributed by atoms with Crippen molar-refractivity contribution in [2.75, 3.05) is 24.6 Å². The number of ether oxygens (including phenoxy) is 2. The number of fused-ring (bicyclic) bond motifs is 1. The number of rotatable bonds is 3. The van der Waals surface area contributed by atoms with Gasteiger partial charge in [-0.1, -0.05) is 0 Å². The number of carbonyl (C=O) groups excluding carboxylic acids is 1. The Labute approximate surface area is 178 Å². The number of anilines is 1. The van der Waals surface area contributed by atoms with Crippen LogP contribution in [0.15, 0.2) is 0 Å². The summed E-state index contributed by atoms with van der Waals surface area (Å²) in [4.78, 5) is 25.8. The van der Waals surface area contributed by atoms with Crippen LogP contribution in [0.5, 0.6) is 0 Å². The summed E-state index contributed by atoms with van der Waals surface area (Å²) in [6.45, 7) is 13.8. The molecular weight excluding hydrogens is 392 g/mol. The van der Waals surface area contributed by atoms with Gasteiger partial charge >= 0.3 is 6.09 Å². The number of carbonyl (C=O) groups is 1. The Bertz CT molecular complexity index is 752. The highest BCUT2D eigenvalue weighted by molar-refractivity contribution is 6.28. The highest BCUT2D eigenvalue weighted by atomic mass is 35.5. The molecule has 2 heterocycles. The number of nitrogens with zero attached hydrogens (tertiary/aromatic N) is 4. The van der Waals surface area contributed by atoms with Crippen LogP contribution in [0.3, 0.4) is 0 Å². The molecule has 7 nitrogen and oxygen atoms in total. The predicted molar refractivity (Wildman–Crippen MR) is 114 cm³/mol. The van der Waals surface area contributed by atoms with Crippen LogP contribution in [0.4, 0.5) is 10.6 Å². The third kappa shape index (κ3) is 5.12. The molecule has 29 heavy (non-hydrogen) atoms. The van der Waals surface area contributed by atoms with E-state index in [2.05, 4.69) is 21.8 Å². The van der Waals surface area contributed by atoms with E-state index in [0.29, 0.717) is 19.7 Å². The quantitative estimate of drug-likeness (QED) is 0.686. The third-order valence-electron chi connectivity index (χ3n) is 5.47. The monoisotopic (exact) mass is 424 g/mol. The van der Waals surface area contributed by atoms with Crippen molar-refractivity contribution in [1.29, 1.82) is 0 Å². The molecular formula is C21H33ClN4O3. The molecule has 0 aromatic carbocycles. The molecule has 1 aliphatic carbocycles. The molecule has 1 aromatic rings. The maximum absolute atomic E-state index is 12.6. The van der Waals surface area contributed by atoms with Crippen molar-refractivity contribution in [3.63, 3.8) is 0 Å². The zero-order chi connectivity index (χ0) is 21.3. The number of halogens is 1. The lowest BCUT2D eigenvalue weighted by Gasteiger charge is -2.45. The second kappa shape index (κ2) is 8.64. The van der Waals surface area contributed by atoms with E-state index in [1.807, 2.05) is 39.5 Å². The molecule has 1 amide bonds. The molecule has 3 rings (SSSR count). The van der Waals surface area contributed by atoms with Gasteiger partial charge in [-0.15, -0.1) is 0 Å². The predicted octanol–water partition coefficient (Wildman–Crippen LogP) is 3.86. The zero-order valence-corrected chi connectivity index (χ0v) is 19.1. The van der Waals surface area contributed by atoms with Crippen molar-refractivity contribution >= 4 is 23.5 Å². The first-order valence-electron chi connectivity index (χ1n) is 10.5. The highest BCUT2D eigenvalue weighted by Gasteiger charge is 2.37. The molecule has 162 valence electrons. The minimum atomic E-state index is -0.506. The zero-order valence-electron chi connectivity index (χ0n) is 18.4. The largest absolute Gasteiger partial charge is 0.444 e. The topological polar surface area (TPSA) is 67.8 Å². The fourth-order valence-electron chi connectivity index (χ4n) is 4.15. The number of amides is 1. The van der Waals surface area contributed by atoms with Gasteiger partial charge in [0.1, 0.15) is 11.4 Å². The summed E-state index contributed by atoms with van der Waals surface area (Å²) in [5.41, 5.74) is 1.64. The first-order chi connectivity index (χ1) is 13.6. The number of hydrogen-bond acceptors (Lipinski definition) is 6. The summed E-state index contributed by atoms with van der Waals surface area (Å²) in [6, 6.07) is 0.101. The molecule has 8 heteroatoms. The van der Waals surface area contributed by atoms with Crippen LogP contribution in [0.2, 0.25) is 5.28 Å². The van der Waals surface area contributed by atoms with E-state index in [1.54, 1.807) is 0 Å². The summed E-state index contributed by atoms with van der Waals surface area (Å²) in [6.07, 6.45) is 2.52. The number of aromatic nitrogens is 2. The van der Waals surface area contributed by atoms with Gasteiger partial charge in [-0.3, -0.25) is 0 Å². The van der Waals surface area contributed by atoms with E-state index in [0.717, 1.165) is 36.3 Å². The van der Waals surface area contributed by atoms with E-state index < -0.39 is 5.60 Å². The maximum Gasteiger partial charge on any atom is 0.410 e. The van der Waals surface area contributed by atoms with Gasteiger partial charge in [0.2, 0.25) is 5.28 Å². The average Bonchev–Trinajstić information content (AvgIpc) is 2.61. The van der Waals surface area contributed by atoms with Crippen molar-refractivity contribution < 1.29 is 14.3 Å². The molecule has 1 fully saturated rings. The van der Waals surface area contributed by atoms with E-state index in [1.165, 1.54) is 0 Å². The summed E-state index contributed by atoms with van der Waals surface area (Å²) in [7, 11) is 0. The van der Waals surface area contributed by atoms with Gasteiger partial charge in [0.25, 0.3) is 0 Å². The molecule has 0 bridgehead atoms. The normalized spacial score (nSPS) is 25.0. The number of piperazine rings is 1. The number of hydrogen-bond donors (Lipinski definition) is 0. The fraction of sp³-hybridized carbons (Fsp3) is 0.762. The molecule has 0 radical (unpaired) electrons. The Morgan fingerprint density at radius 3 is 2.59 bits per heavy atom. The lowest BCUT2D eigenvalue weighted by atomic mass is 9.93. The Morgan fingerprint density at radius 1 is 1.21 bits per heavy atom. The first-order valence-corrected chi connectivity index (χ1v) is 10.9. The molecule has 0 N–H and O–H groups in total. The van der Waals surface area contributed by atoms with E-state index >= 15 is 0 Å². The summed E-state index contributed by atoms with van der Waals surface area (Å²) in [5, 5.41) is 0.269. The van der Waals surface area contributed by atoms with E-state index in [9.17, 15) is 4.79 Å². The van der Waals surface area contributed by atoms with Gasteiger partial charge < -0.3 is 19.3 Å². The highest BCUT2D eigenvalue weighted by Crippen LogP contribution is 2.33.